The highest BCUT2D eigenvalue weighted by Crippen LogP contribution is 2.04. The lowest BCUT2D eigenvalue weighted by molar-refractivity contribution is 0.363. The molecule has 1 unspecified atom stereocenters. The van der Waals surface area contributed by atoms with Crippen LogP contribution in [0.5, 0.6) is 0 Å². The predicted octanol–water partition coefficient (Wildman–Crippen LogP) is 0.760. The van der Waals surface area contributed by atoms with Gasteiger partial charge in [-0.3, -0.25) is 0 Å². The predicted molar refractivity (Wildman–Crippen MR) is 61.9 cm³/mol. The second kappa shape index (κ2) is 5.45. The lowest BCUT2D eigenvalue weighted by Gasteiger charge is -2.10. The standard InChI is InChI=1S/C10H18N2O3S/c1-4-9-5-10(15-12-9)6-11-8(2)7-16(3,13)14/h5,8,11H,4,6-7H2,1-3H3. The molecule has 92 valence electrons. The van der Waals surface area contributed by atoms with E-state index in [0.717, 1.165) is 17.9 Å². The molecule has 0 aromatic carbocycles. The Bertz CT molecular complexity index is 425. The van der Waals surface area contributed by atoms with E-state index in [-0.39, 0.29) is 11.8 Å². The Morgan fingerprint density at radius 1 is 1.56 bits per heavy atom. The summed E-state index contributed by atoms with van der Waals surface area (Å²) in [6.07, 6.45) is 2.07. The maximum absolute atomic E-state index is 11.0. The quantitative estimate of drug-likeness (QED) is 0.802. The molecule has 1 aromatic heterocycles. The lowest BCUT2D eigenvalue weighted by Crippen LogP contribution is -2.32. The number of nitrogens with one attached hydrogen (secondary N) is 1. The van der Waals surface area contributed by atoms with Gasteiger partial charge in [-0.25, -0.2) is 8.42 Å². The highest BCUT2D eigenvalue weighted by atomic mass is 32.2. The van der Waals surface area contributed by atoms with E-state index in [0.29, 0.717) is 6.54 Å². The van der Waals surface area contributed by atoms with E-state index in [1.165, 1.54) is 6.26 Å². The first kappa shape index (κ1) is 13.2. The number of rotatable bonds is 6. The SMILES string of the molecule is CCc1cc(CNC(C)CS(C)(=O)=O)on1. The Morgan fingerprint density at radius 2 is 2.25 bits per heavy atom. The van der Waals surface area contributed by atoms with Gasteiger partial charge in [-0.2, -0.15) is 0 Å². The zero-order valence-corrected chi connectivity index (χ0v) is 10.7. The van der Waals surface area contributed by atoms with Crippen molar-refractivity contribution in [2.24, 2.45) is 0 Å². The van der Waals surface area contributed by atoms with Crippen molar-refractivity contribution >= 4 is 9.84 Å². The topological polar surface area (TPSA) is 72.2 Å². The van der Waals surface area contributed by atoms with Crippen LogP contribution in [0.3, 0.4) is 0 Å². The summed E-state index contributed by atoms with van der Waals surface area (Å²) in [6, 6.07) is 1.78. The molecule has 1 N–H and O–H groups in total. The van der Waals surface area contributed by atoms with Crippen molar-refractivity contribution < 1.29 is 12.9 Å². The molecule has 0 amide bonds. The first-order valence-corrected chi connectivity index (χ1v) is 7.32. The molecule has 1 aromatic rings. The monoisotopic (exact) mass is 246 g/mol. The van der Waals surface area contributed by atoms with E-state index in [9.17, 15) is 8.42 Å². The molecule has 0 aliphatic heterocycles. The van der Waals surface area contributed by atoms with Crippen LogP contribution in [0, 0.1) is 0 Å². The first-order chi connectivity index (χ1) is 7.40. The minimum Gasteiger partial charge on any atom is -0.360 e. The third-order valence-electron chi connectivity index (χ3n) is 2.15. The Morgan fingerprint density at radius 3 is 2.75 bits per heavy atom. The van der Waals surface area contributed by atoms with E-state index >= 15 is 0 Å². The van der Waals surface area contributed by atoms with Crippen molar-refractivity contribution in [3.05, 3.63) is 17.5 Å². The molecule has 0 saturated carbocycles. The zero-order valence-electron chi connectivity index (χ0n) is 9.86. The average Bonchev–Trinajstić information content (AvgIpc) is 2.59. The van der Waals surface area contributed by atoms with Crippen molar-refractivity contribution in [3.63, 3.8) is 0 Å². The van der Waals surface area contributed by atoms with Crippen LogP contribution in [0.25, 0.3) is 0 Å². The fourth-order valence-corrected chi connectivity index (χ4v) is 2.42. The highest BCUT2D eigenvalue weighted by Gasteiger charge is 2.11. The molecule has 1 rings (SSSR count). The molecule has 0 saturated heterocycles. The normalized spacial score (nSPS) is 13.9. The summed E-state index contributed by atoms with van der Waals surface area (Å²) in [5, 5.41) is 6.93. The van der Waals surface area contributed by atoms with E-state index in [1.807, 2.05) is 19.9 Å². The summed E-state index contributed by atoms with van der Waals surface area (Å²) < 4.78 is 27.1. The molecule has 16 heavy (non-hydrogen) atoms. The molecule has 1 atom stereocenters. The van der Waals surface area contributed by atoms with Gasteiger partial charge in [0.2, 0.25) is 0 Å². The van der Waals surface area contributed by atoms with E-state index in [1.54, 1.807) is 0 Å². The highest BCUT2D eigenvalue weighted by molar-refractivity contribution is 7.90. The van der Waals surface area contributed by atoms with Gasteiger partial charge in [0, 0.05) is 18.4 Å². The van der Waals surface area contributed by atoms with Crippen LogP contribution in [0.4, 0.5) is 0 Å². The number of aryl methyl sites for hydroxylation is 1. The minimum absolute atomic E-state index is 0.0924. The largest absolute Gasteiger partial charge is 0.360 e. The van der Waals surface area contributed by atoms with Gasteiger partial charge in [-0.05, 0) is 13.3 Å². The Kier molecular flexibility index (Phi) is 4.49. The van der Waals surface area contributed by atoms with Crippen molar-refractivity contribution in [2.75, 3.05) is 12.0 Å². The molecule has 0 bridgehead atoms. The summed E-state index contributed by atoms with van der Waals surface area (Å²) >= 11 is 0. The van der Waals surface area contributed by atoms with Gasteiger partial charge in [0.05, 0.1) is 18.0 Å². The number of hydrogen-bond donors (Lipinski definition) is 1. The number of aromatic nitrogens is 1. The van der Waals surface area contributed by atoms with Crippen molar-refractivity contribution in [1.29, 1.82) is 0 Å². The van der Waals surface area contributed by atoms with Crippen LogP contribution in [0.1, 0.15) is 25.3 Å². The molecular formula is C10H18N2O3S. The van der Waals surface area contributed by atoms with Gasteiger partial charge >= 0.3 is 0 Å². The van der Waals surface area contributed by atoms with Crippen LogP contribution in [-0.2, 0) is 22.8 Å². The average molecular weight is 246 g/mol. The molecule has 6 heteroatoms. The van der Waals surface area contributed by atoms with E-state index in [2.05, 4.69) is 10.5 Å². The van der Waals surface area contributed by atoms with Crippen molar-refractivity contribution in [2.45, 2.75) is 32.9 Å². The second-order valence-corrected chi connectivity index (χ2v) is 6.20. The van der Waals surface area contributed by atoms with Crippen LogP contribution < -0.4 is 5.32 Å². The van der Waals surface area contributed by atoms with Crippen LogP contribution in [0.15, 0.2) is 10.6 Å². The maximum atomic E-state index is 11.0. The molecule has 1 heterocycles. The molecule has 5 nitrogen and oxygen atoms in total. The molecule has 0 radical (unpaired) electrons. The summed E-state index contributed by atoms with van der Waals surface area (Å²) in [4.78, 5) is 0. The smallest absolute Gasteiger partial charge is 0.150 e. The minimum atomic E-state index is -2.94. The summed E-state index contributed by atoms with van der Waals surface area (Å²) in [5.74, 6) is 0.860. The van der Waals surface area contributed by atoms with Crippen LogP contribution >= 0.6 is 0 Å². The van der Waals surface area contributed by atoms with Crippen molar-refractivity contribution in [1.82, 2.24) is 10.5 Å². The lowest BCUT2D eigenvalue weighted by atomic mass is 10.3. The van der Waals surface area contributed by atoms with Crippen LogP contribution in [-0.4, -0.2) is 31.6 Å². The van der Waals surface area contributed by atoms with Gasteiger partial charge in [-0.1, -0.05) is 12.1 Å². The molecular weight excluding hydrogens is 228 g/mol. The van der Waals surface area contributed by atoms with Gasteiger partial charge in [0.15, 0.2) is 5.76 Å². The van der Waals surface area contributed by atoms with Gasteiger partial charge < -0.3 is 9.84 Å². The Hall–Kier alpha value is -0.880. The second-order valence-electron chi connectivity index (χ2n) is 4.01. The summed E-state index contributed by atoms with van der Waals surface area (Å²) in [7, 11) is -2.94. The fraction of sp³-hybridized carbons (Fsp3) is 0.700. The molecule has 0 aliphatic carbocycles. The molecule has 0 fully saturated rings. The van der Waals surface area contributed by atoms with Gasteiger partial charge in [0.25, 0.3) is 0 Å². The Labute approximate surface area is 96.1 Å². The molecule has 0 aliphatic rings. The van der Waals surface area contributed by atoms with Gasteiger partial charge in [-0.15, -0.1) is 0 Å². The first-order valence-electron chi connectivity index (χ1n) is 5.26. The maximum Gasteiger partial charge on any atom is 0.150 e. The fourth-order valence-electron chi connectivity index (χ4n) is 1.39. The number of nitrogens with zero attached hydrogens (tertiary/aromatic N) is 1. The third kappa shape index (κ3) is 4.76. The molecule has 0 spiro atoms. The van der Waals surface area contributed by atoms with E-state index in [4.69, 9.17) is 4.52 Å². The number of sulfone groups is 1. The number of hydrogen-bond acceptors (Lipinski definition) is 5. The van der Waals surface area contributed by atoms with Crippen molar-refractivity contribution in [3.8, 4) is 0 Å². The summed E-state index contributed by atoms with van der Waals surface area (Å²) in [6.45, 7) is 4.34. The Balaban J connectivity index is 2.39. The van der Waals surface area contributed by atoms with E-state index < -0.39 is 9.84 Å². The summed E-state index contributed by atoms with van der Waals surface area (Å²) in [5.41, 5.74) is 0.910. The van der Waals surface area contributed by atoms with Gasteiger partial charge in [0.1, 0.15) is 9.84 Å². The van der Waals surface area contributed by atoms with Crippen LogP contribution in [0.2, 0.25) is 0 Å². The third-order valence-corrected chi connectivity index (χ3v) is 3.25. The zero-order chi connectivity index (χ0) is 12.2.